The maximum atomic E-state index is 12.7. The Kier molecular flexibility index (Phi) is 5.63. The lowest BCUT2D eigenvalue weighted by molar-refractivity contribution is 0.482. The van der Waals surface area contributed by atoms with Crippen molar-refractivity contribution in [2.45, 2.75) is 31.7 Å². The van der Waals surface area contributed by atoms with Crippen molar-refractivity contribution in [3.8, 4) is 11.5 Å². The second kappa shape index (κ2) is 7.94. The standard InChI is InChI=1S/C22H23NO3S/c1-16-9-14-22(17(2)15-16)18(3)23-27(24,25)21-12-10-20(11-13-21)26-19-7-5-4-6-8-19/h4-15,18,23H,1-3H3/t18-/m0/s1. The summed E-state index contributed by atoms with van der Waals surface area (Å²) in [6, 6.07) is 21.5. The minimum absolute atomic E-state index is 0.208. The van der Waals surface area contributed by atoms with E-state index in [1.165, 1.54) is 0 Å². The first-order chi connectivity index (χ1) is 12.8. The number of ether oxygens (including phenoxy) is 1. The second-order valence-electron chi connectivity index (χ2n) is 6.59. The molecule has 0 amide bonds. The van der Waals surface area contributed by atoms with E-state index in [4.69, 9.17) is 4.74 Å². The van der Waals surface area contributed by atoms with Gasteiger partial charge in [0.05, 0.1) is 4.90 Å². The molecular formula is C22H23NO3S. The highest BCUT2D eigenvalue weighted by atomic mass is 32.2. The average Bonchev–Trinajstić information content (AvgIpc) is 2.62. The van der Waals surface area contributed by atoms with Crippen LogP contribution < -0.4 is 9.46 Å². The average molecular weight is 381 g/mol. The third-order valence-electron chi connectivity index (χ3n) is 4.34. The van der Waals surface area contributed by atoms with Gasteiger partial charge < -0.3 is 4.74 Å². The van der Waals surface area contributed by atoms with Crippen LogP contribution in [0.2, 0.25) is 0 Å². The molecule has 0 bridgehead atoms. The van der Waals surface area contributed by atoms with Crippen LogP contribution in [0.15, 0.2) is 77.7 Å². The Bertz CT molecular complexity index is 1010. The molecule has 0 aliphatic carbocycles. The SMILES string of the molecule is Cc1ccc([C@H](C)NS(=O)(=O)c2ccc(Oc3ccccc3)cc2)c(C)c1. The Morgan fingerprint density at radius 1 is 0.852 bits per heavy atom. The monoisotopic (exact) mass is 381 g/mol. The Hall–Kier alpha value is -2.63. The Balaban J connectivity index is 1.74. The summed E-state index contributed by atoms with van der Waals surface area (Å²) in [5.41, 5.74) is 3.19. The third kappa shape index (κ3) is 4.76. The number of aryl methyl sites for hydroxylation is 2. The topological polar surface area (TPSA) is 55.4 Å². The Morgan fingerprint density at radius 2 is 1.48 bits per heavy atom. The zero-order chi connectivity index (χ0) is 19.4. The fourth-order valence-corrected chi connectivity index (χ4v) is 4.21. The lowest BCUT2D eigenvalue weighted by atomic mass is 10.0. The normalized spacial score (nSPS) is 12.6. The van der Waals surface area contributed by atoms with Crippen molar-refractivity contribution in [3.05, 3.63) is 89.5 Å². The molecule has 0 heterocycles. The molecule has 3 aromatic rings. The summed E-state index contributed by atoms with van der Waals surface area (Å²) in [4.78, 5) is 0.208. The number of hydrogen-bond acceptors (Lipinski definition) is 3. The van der Waals surface area contributed by atoms with E-state index in [2.05, 4.69) is 10.8 Å². The molecule has 5 heteroatoms. The van der Waals surface area contributed by atoms with Gasteiger partial charge in [0.1, 0.15) is 11.5 Å². The lowest BCUT2D eigenvalue weighted by Crippen LogP contribution is -2.27. The second-order valence-corrected chi connectivity index (χ2v) is 8.30. The van der Waals surface area contributed by atoms with Crippen LogP contribution >= 0.6 is 0 Å². The first kappa shape index (κ1) is 19.1. The van der Waals surface area contributed by atoms with E-state index < -0.39 is 10.0 Å². The summed E-state index contributed by atoms with van der Waals surface area (Å²) in [5, 5.41) is 0. The highest BCUT2D eigenvalue weighted by Gasteiger charge is 2.19. The molecule has 1 N–H and O–H groups in total. The molecule has 0 saturated carbocycles. The summed E-state index contributed by atoms with van der Waals surface area (Å²) in [5.74, 6) is 1.29. The van der Waals surface area contributed by atoms with Gasteiger partial charge >= 0.3 is 0 Å². The number of nitrogens with one attached hydrogen (secondary N) is 1. The molecule has 0 aliphatic rings. The van der Waals surface area contributed by atoms with Crippen molar-refractivity contribution >= 4 is 10.0 Å². The zero-order valence-electron chi connectivity index (χ0n) is 15.6. The molecule has 0 fully saturated rings. The fourth-order valence-electron chi connectivity index (χ4n) is 2.99. The van der Waals surface area contributed by atoms with Gasteiger partial charge in [-0.15, -0.1) is 0 Å². The molecule has 0 unspecified atom stereocenters. The molecule has 0 saturated heterocycles. The summed E-state index contributed by atoms with van der Waals surface area (Å²) >= 11 is 0. The Labute approximate surface area is 160 Å². The quantitative estimate of drug-likeness (QED) is 0.643. The van der Waals surface area contributed by atoms with E-state index in [-0.39, 0.29) is 10.9 Å². The molecule has 0 radical (unpaired) electrons. The molecule has 140 valence electrons. The number of rotatable bonds is 6. The van der Waals surface area contributed by atoms with Crippen LogP contribution in [-0.2, 0) is 10.0 Å². The first-order valence-electron chi connectivity index (χ1n) is 8.77. The molecule has 3 aromatic carbocycles. The minimum Gasteiger partial charge on any atom is -0.457 e. The van der Waals surface area contributed by atoms with E-state index in [9.17, 15) is 8.42 Å². The minimum atomic E-state index is -3.63. The van der Waals surface area contributed by atoms with Gasteiger partial charge in [-0.3, -0.25) is 0 Å². The third-order valence-corrected chi connectivity index (χ3v) is 5.89. The van der Waals surface area contributed by atoms with Crippen molar-refractivity contribution in [2.75, 3.05) is 0 Å². The van der Waals surface area contributed by atoms with Gasteiger partial charge in [0.25, 0.3) is 0 Å². The fraction of sp³-hybridized carbons (Fsp3) is 0.182. The van der Waals surface area contributed by atoms with E-state index in [1.54, 1.807) is 24.3 Å². The summed E-state index contributed by atoms with van der Waals surface area (Å²) < 4.78 is 33.9. The van der Waals surface area contributed by atoms with E-state index >= 15 is 0 Å². The molecule has 0 spiro atoms. The highest BCUT2D eigenvalue weighted by Crippen LogP contribution is 2.24. The van der Waals surface area contributed by atoms with Crippen LogP contribution in [0.1, 0.15) is 29.7 Å². The van der Waals surface area contributed by atoms with Gasteiger partial charge in [-0.2, -0.15) is 0 Å². The summed E-state index contributed by atoms with van der Waals surface area (Å²) in [6.07, 6.45) is 0. The smallest absolute Gasteiger partial charge is 0.241 e. The van der Waals surface area contributed by atoms with Crippen molar-refractivity contribution in [1.29, 1.82) is 0 Å². The van der Waals surface area contributed by atoms with Gasteiger partial charge in [0, 0.05) is 6.04 Å². The molecule has 0 aromatic heterocycles. The van der Waals surface area contributed by atoms with E-state index in [0.29, 0.717) is 11.5 Å². The number of sulfonamides is 1. The first-order valence-corrected chi connectivity index (χ1v) is 10.3. The number of hydrogen-bond donors (Lipinski definition) is 1. The van der Waals surface area contributed by atoms with Crippen LogP contribution in [-0.4, -0.2) is 8.42 Å². The predicted molar refractivity (Wildman–Crippen MR) is 108 cm³/mol. The van der Waals surface area contributed by atoms with Crippen LogP contribution in [0.5, 0.6) is 11.5 Å². The van der Waals surface area contributed by atoms with E-state index in [0.717, 1.165) is 16.7 Å². The molecule has 1 atom stereocenters. The molecular weight excluding hydrogens is 358 g/mol. The number of para-hydroxylation sites is 1. The van der Waals surface area contributed by atoms with Gasteiger partial charge in [-0.25, -0.2) is 13.1 Å². The van der Waals surface area contributed by atoms with Crippen LogP contribution in [0.4, 0.5) is 0 Å². The van der Waals surface area contributed by atoms with Gasteiger partial charge in [-0.05, 0) is 68.3 Å². The molecule has 4 nitrogen and oxygen atoms in total. The lowest BCUT2D eigenvalue weighted by Gasteiger charge is -2.17. The summed E-state index contributed by atoms with van der Waals surface area (Å²) in [7, 11) is -3.63. The number of benzene rings is 3. The summed E-state index contributed by atoms with van der Waals surface area (Å²) in [6.45, 7) is 5.86. The van der Waals surface area contributed by atoms with Crippen molar-refractivity contribution < 1.29 is 13.2 Å². The van der Waals surface area contributed by atoms with Crippen molar-refractivity contribution in [1.82, 2.24) is 4.72 Å². The molecule has 3 rings (SSSR count). The largest absolute Gasteiger partial charge is 0.457 e. The molecule has 0 aliphatic heterocycles. The van der Waals surface area contributed by atoms with Crippen molar-refractivity contribution in [2.24, 2.45) is 0 Å². The molecule has 27 heavy (non-hydrogen) atoms. The predicted octanol–water partition coefficient (Wildman–Crippen LogP) is 5.14. The van der Waals surface area contributed by atoms with Crippen molar-refractivity contribution in [3.63, 3.8) is 0 Å². The van der Waals surface area contributed by atoms with Crippen LogP contribution in [0, 0.1) is 13.8 Å². The van der Waals surface area contributed by atoms with Gasteiger partial charge in [0.2, 0.25) is 10.0 Å². The van der Waals surface area contributed by atoms with Gasteiger partial charge in [-0.1, -0.05) is 42.0 Å². The highest BCUT2D eigenvalue weighted by molar-refractivity contribution is 7.89. The maximum absolute atomic E-state index is 12.7. The zero-order valence-corrected chi connectivity index (χ0v) is 16.5. The van der Waals surface area contributed by atoms with Crippen LogP contribution in [0.3, 0.4) is 0 Å². The Morgan fingerprint density at radius 3 is 2.11 bits per heavy atom. The maximum Gasteiger partial charge on any atom is 0.241 e. The van der Waals surface area contributed by atoms with Gasteiger partial charge in [0.15, 0.2) is 0 Å². The van der Waals surface area contributed by atoms with Crippen LogP contribution in [0.25, 0.3) is 0 Å². The van der Waals surface area contributed by atoms with E-state index in [1.807, 2.05) is 63.2 Å².